The van der Waals surface area contributed by atoms with Crippen molar-refractivity contribution >= 4 is 23.4 Å². The fourth-order valence-electron chi connectivity index (χ4n) is 3.65. The number of halogens is 1. The first-order valence-electron chi connectivity index (χ1n) is 9.94. The molecule has 0 radical (unpaired) electrons. The monoisotopic (exact) mass is 452 g/mol. The highest BCUT2D eigenvalue weighted by Gasteiger charge is 2.29. The first-order valence-corrected chi connectivity index (χ1v) is 10.3. The van der Waals surface area contributed by atoms with Crippen LogP contribution in [-0.4, -0.2) is 52.1 Å². The molecular formula is C23H21ClN4O4. The third-order valence-corrected chi connectivity index (χ3v) is 5.44. The van der Waals surface area contributed by atoms with Gasteiger partial charge in [0.15, 0.2) is 0 Å². The number of carbonyl (C=O) groups is 2. The first kappa shape index (κ1) is 21.7. The Balaban J connectivity index is 1.45. The highest BCUT2D eigenvalue weighted by Crippen LogP contribution is 2.28. The number of ether oxygens (including phenoxy) is 1. The van der Waals surface area contributed by atoms with Crippen LogP contribution in [0.5, 0.6) is 5.75 Å². The van der Waals surface area contributed by atoms with Crippen LogP contribution in [0.25, 0.3) is 11.3 Å². The molecule has 1 aliphatic rings. The van der Waals surface area contributed by atoms with Gasteiger partial charge in [0.05, 0.1) is 25.5 Å². The zero-order valence-corrected chi connectivity index (χ0v) is 18.0. The molecule has 1 atom stereocenters. The van der Waals surface area contributed by atoms with Crippen molar-refractivity contribution in [1.29, 1.82) is 0 Å². The van der Waals surface area contributed by atoms with Crippen LogP contribution in [0.1, 0.15) is 27.5 Å². The summed E-state index contributed by atoms with van der Waals surface area (Å²) in [6.07, 6.45) is 1.55. The molecule has 32 heavy (non-hydrogen) atoms. The maximum absolute atomic E-state index is 12.9. The summed E-state index contributed by atoms with van der Waals surface area (Å²) in [5.41, 5.74) is 3.42. The van der Waals surface area contributed by atoms with Gasteiger partial charge in [0.25, 0.3) is 5.91 Å². The molecule has 0 unspecified atom stereocenters. The Morgan fingerprint density at radius 1 is 1.28 bits per heavy atom. The Morgan fingerprint density at radius 3 is 2.88 bits per heavy atom. The van der Waals surface area contributed by atoms with Crippen LogP contribution in [-0.2, 0) is 11.3 Å². The van der Waals surface area contributed by atoms with Crippen molar-refractivity contribution < 1.29 is 19.4 Å². The fraction of sp³-hybridized carbons (Fsp3) is 0.217. The number of rotatable bonds is 7. The Bertz CT molecular complexity index is 1170. The summed E-state index contributed by atoms with van der Waals surface area (Å²) in [6.45, 7) is -0.0735. The van der Waals surface area contributed by atoms with Gasteiger partial charge in [0, 0.05) is 23.9 Å². The Labute approximate surface area is 189 Å². The van der Waals surface area contributed by atoms with E-state index in [1.165, 1.54) is 4.90 Å². The van der Waals surface area contributed by atoms with E-state index in [2.05, 4.69) is 15.3 Å². The number of aliphatic hydroxyl groups excluding tert-OH is 1. The summed E-state index contributed by atoms with van der Waals surface area (Å²) < 4.78 is 5.20. The molecule has 2 heterocycles. The minimum Gasteiger partial charge on any atom is -0.497 e. The van der Waals surface area contributed by atoms with Crippen molar-refractivity contribution in [3.8, 4) is 17.0 Å². The van der Waals surface area contributed by atoms with Crippen molar-refractivity contribution in [2.75, 3.05) is 20.3 Å². The molecule has 2 aromatic carbocycles. The van der Waals surface area contributed by atoms with Crippen molar-refractivity contribution in [3.63, 3.8) is 0 Å². The molecule has 8 nitrogen and oxygen atoms in total. The van der Waals surface area contributed by atoms with E-state index in [0.717, 1.165) is 11.1 Å². The molecule has 2 N–H and O–H groups in total. The van der Waals surface area contributed by atoms with Gasteiger partial charge in [0.1, 0.15) is 12.3 Å². The average molecular weight is 453 g/mol. The number of fused-ring (bicyclic) bond motifs is 1. The number of hydrogen-bond donors (Lipinski definition) is 2. The zero-order chi connectivity index (χ0) is 22.7. The van der Waals surface area contributed by atoms with Crippen LogP contribution in [0.3, 0.4) is 0 Å². The van der Waals surface area contributed by atoms with Crippen LogP contribution in [0.4, 0.5) is 0 Å². The molecular weight excluding hydrogens is 432 g/mol. The standard InChI is InChI=1S/C23H21ClN4O4/c1-32-17-4-2-3-14(9-17)20(13-29)26-21(30)12-28-11-16-6-5-15(10-18(16)22(28)31)19-7-8-25-23(24)27-19/h2-10,20,29H,11-13H2,1H3,(H,26,30)/t20-/m1/s1. The van der Waals surface area contributed by atoms with Crippen molar-refractivity contribution in [3.05, 3.63) is 76.7 Å². The molecule has 164 valence electrons. The van der Waals surface area contributed by atoms with Crippen molar-refractivity contribution in [2.45, 2.75) is 12.6 Å². The number of methoxy groups -OCH3 is 1. The highest BCUT2D eigenvalue weighted by molar-refractivity contribution is 6.28. The second kappa shape index (κ2) is 9.33. The molecule has 0 fully saturated rings. The third kappa shape index (κ3) is 4.56. The number of amides is 2. The third-order valence-electron chi connectivity index (χ3n) is 5.26. The van der Waals surface area contributed by atoms with Gasteiger partial charge in [-0.2, -0.15) is 0 Å². The lowest BCUT2D eigenvalue weighted by Crippen LogP contribution is -2.40. The van der Waals surface area contributed by atoms with Crippen LogP contribution in [0.15, 0.2) is 54.7 Å². The van der Waals surface area contributed by atoms with Gasteiger partial charge in [-0.15, -0.1) is 0 Å². The number of carbonyl (C=O) groups excluding carboxylic acids is 2. The quantitative estimate of drug-likeness (QED) is 0.534. The number of aliphatic hydroxyl groups is 1. The maximum Gasteiger partial charge on any atom is 0.254 e. The van der Waals surface area contributed by atoms with E-state index in [1.54, 1.807) is 49.7 Å². The van der Waals surface area contributed by atoms with Crippen LogP contribution in [0, 0.1) is 0 Å². The molecule has 4 rings (SSSR count). The molecule has 2 amide bonds. The molecule has 0 saturated heterocycles. The first-order chi connectivity index (χ1) is 15.5. The Morgan fingerprint density at radius 2 is 2.12 bits per heavy atom. The Kier molecular flexibility index (Phi) is 6.34. The normalized spacial score (nSPS) is 13.6. The predicted molar refractivity (Wildman–Crippen MR) is 118 cm³/mol. The van der Waals surface area contributed by atoms with E-state index < -0.39 is 6.04 Å². The molecule has 0 saturated carbocycles. The van der Waals surface area contributed by atoms with E-state index in [9.17, 15) is 14.7 Å². The lowest BCUT2D eigenvalue weighted by molar-refractivity contribution is -0.122. The van der Waals surface area contributed by atoms with E-state index >= 15 is 0 Å². The second-order valence-corrected chi connectivity index (χ2v) is 7.66. The number of benzene rings is 2. The smallest absolute Gasteiger partial charge is 0.254 e. The SMILES string of the molecule is COc1cccc([C@@H](CO)NC(=O)CN2Cc3ccc(-c4ccnc(Cl)n4)cc3C2=O)c1. The van der Waals surface area contributed by atoms with E-state index in [0.29, 0.717) is 29.1 Å². The average Bonchev–Trinajstić information content (AvgIpc) is 3.12. The molecule has 1 aliphatic heterocycles. The molecule has 9 heteroatoms. The summed E-state index contributed by atoms with van der Waals surface area (Å²) in [7, 11) is 1.55. The van der Waals surface area contributed by atoms with E-state index in [-0.39, 0.29) is 30.2 Å². The van der Waals surface area contributed by atoms with Crippen molar-refractivity contribution in [2.24, 2.45) is 0 Å². The molecule has 0 aliphatic carbocycles. The maximum atomic E-state index is 12.9. The summed E-state index contributed by atoms with van der Waals surface area (Å²) in [5, 5.41) is 12.7. The zero-order valence-electron chi connectivity index (χ0n) is 17.3. The van der Waals surface area contributed by atoms with Gasteiger partial charge in [-0.25, -0.2) is 9.97 Å². The predicted octanol–water partition coefficient (Wildman–Crippen LogP) is 2.61. The summed E-state index contributed by atoms with van der Waals surface area (Å²) in [5.74, 6) is 0.0241. The Hall–Kier alpha value is -3.49. The summed E-state index contributed by atoms with van der Waals surface area (Å²) >= 11 is 5.87. The highest BCUT2D eigenvalue weighted by atomic mass is 35.5. The summed E-state index contributed by atoms with van der Waals surface area (Å²) in [4.78, 5) is 35.1. The molecule has 3 aromatic rings. The van der Waals surface area contributed by atoms with Gasteiger partial charge < -0.3 is 20.1 Å². The lowest BCUT2D eigenvalue weighted by Gasteiger charge is -2.20. The largest absolute Gasteiger partial charge is 0.497 e. The summed E-state index contributed by atoms with van der Waals surface area (Å²) in [6, 6.07) is 13.7. The topological polar surface area (TPSA) is 105 Å². The van der Waals surface area contributed by atoms with Crippen LogP contribution < -0.4 is 10.1 Å². The fourth-order valence-corrected chi connectivity index (χ4v) is 3.80. The second-order valence-electron chi connectivity index (χ2n) is 7.32. The van der Waals surface area contributed by atoms with E-state index in [4.69, 9.17) is 16.3 Å². The van der Waals surface area contributed by atoms with Crippen LogP contribution in [0.2, 0.25) is 5.28 Å². The molecule has 0 spiro atoms. The van der Waals surface area contributed by atoms with Gasteiger partial charge in [-0.3, -0.25) is 9.59 Å². The number of aromatic nitrogens is 2. The van der Waals surface area contributed by atoms with Gasteiger partial charge in [-0.1, -0.05) is 24.3 Å². The number of hydrogen-bond acceptors (Lipinski definition) is 6. The van der Waals surface area contributed by atoms with Gasteiger partial charge >= 0.3 is 0 Å². The molecule has 0 bridgehead atoms. The van der Waals surface area contributed by atoms with Crippen molar-refractivity contribution in [1.82, 2.24) is 20.2 Å². The lowest BCUT2D eigenvalue weighted by atomic mass is 10.0. The molecule has 1 aromatic heterocycles. The van der Waals surface area contributed by atoms with E-state index in [1.807, 2.05) is 12.1 Å². The number of nitrogens with one attached hydrogen (secondary N) is 1. The van der Waals surface area contributed by atoms with Gasteiger partial charge in [0.2, 0.25) is 11.2 Å². The van der Waals surface area contributed by atoms with Crippen LogP contribution >= 0.6 is 11.6 Å². The van der Waals surface area contributed by atoms with Gasteiger partial charge in [-0.05, 0) is 47.0 Å². The minimum absolute atomic E-state index is 0.122. The minimum atomic E-state index is -0.605. The number of nitrogens with zero attached hydrogens (tertiary/aromatic N) is 3.